The van der Waals surface area contributed by atoms with E-state index in [-0.39, 0.29) is 6.04 Å². The van der Waals surface area contributed by atoms with E-state index >= 15 is 0 Å². The van der Waals surface area contributed by atoms with E-state index in [4.69, 9.17) is 22.1 Å². The van der Waals surface area contributed by atoms with Crippen LogP contribution in [0, 0.1) is 0 Å². The van der Waals surface area contributed by atoms with Crippen LogP contribution < -0.4 is 10.5 Å². The quantitative estimate of drug-likeness (QED) is 0.655. The van der Waals surface area contributed by atoms with Gasteiger partial charge in [0.15, 0.2) is 5.16 Å². The molecular formula is C13H17ClN4OS. The minimum atomic E-state index is 0.240. The summed E-state index contributed by atoms with van der Waals surface area (Å²) in [4.78, 5) is 0. The Kier molecular flexibility index (Phi) is 5.14. The number of thioether (sulfide) groups is 1. The highest BCUT2D eigenvalue weighted by molar-refractivity contribution is 7.99. The maximum absolute atomic E-state index is 5.81. The molecule has 5 nitrogen and oxygen atoms in total. The third kappa shape index (κ3) is 3.80. The van der Waals surface area contributed by atoms with Gasteiger partial charge in [-0.15, -0.1) is 10.2 Å². The summed E-state index contributed by atoms with van der Waals surface area (Å²) >= 11 is 7.39. The molecule has 0 atom stereocenters. The first-order valence-corrected chi connectivity index (χ1v) is 7.66. The molecule has 7 heteroatoms. The Morgan fingerprint density at radius 1 is 1.30 bits per heavy atom. The van der Waals surface area contributed by atoms with Gasteiger partial charge in [-0.3, -0.25) is 4.57 Å². The Labute approximate surface area is 127 Å². The van der Waals surface area contributed by atoms with E-state index in [0.717, 1.165) is 16.7 Å². The molecule has 0 bridgehead atoms. The summed E-state index contributed by atoms with van der Waals surface area (Å²) in [6, 6.07) is 7.55. The van der Waals surface area contributed by atoms with Crippen LogP contribution in [-0.4, -0.2) is 27.1 Å². The largest absolute Gasteiger partial charge is 0.493 e. The van der Waals surface area contributed by atoms with Crippen LogP contribution in [0.3, 0.4) is 0 Å². The number of anilines is 1. The van der Waals surface area contributed by atoms with E-state index in [1.807, 2.05) is 30.5 Å². The Balaban J connectivity index is 1.83. The molecule has 108 valence electrons. The van der Waals surface area contributed by atoms with Crippen molar-refractivity contribution in [3.05, 3.63) is 29.3 Å². The summed E-state index contributed by atoms with van der Waals surface area (Å²) in [5.41, 5.74) is 5.78. The van der Waals surface area contributed by atoms with Crippen molar-refractivity contribution < 1.29 is 4.74 Å². The van der Waals surface area contributed by atoms with E-state index in [2.05, 4.69) is 10.2 Å². The number of nitrogen functional groups attached to an aromatic ring is 1. The first kappa shape index (κ1) is 15.0. The summed E-state index contributed by atoms with van der Waals surface area (Å²) in [6.45, 7) is 4.68. The average molecular weight is 313 g/mol. The Morgan fingerprint density at radius 3 is 2.65 bits per heavy atom. The summed E-state index contributed by atoms with van der Waals surface area (Å²) in [5, 5.41) is 9.49. The number of ether oxygens (including phenoxy) is 1. The van der Waals surface area contributed by atoms with E-state index in [0.29, 0.717) is 17.6 Å². The smallest absolute Gasteiger partial charge is 0.222 e. The molecule has 2 N–H and O–H groups in total. The molecule has 2 aromatic rings. The highest BCUT2D eigenvalue weighted by Gasteiger charge is 2.12. The maximum Gasteiger partial charge on any atom is 0.222 e. The molecule has 0 amide bonds. The fourth-order valence-corrected chi connectivity index (χ4v) is 2.71. The number of benzene rings is 1. The number of nitrogens with two attached hydrogens (primary N) is 1. The SMILES string of the molecule is CC(C)n1c(N)nnc1SCCOc1ccc(Cl)cc1. The first-order chi connectivity index (χ1) is 9.58. The van der Waals surface area contributed by atoms with Crippen molar-refractivity contribution >= 4 is 29.3 Å². The summed E-state index contributed by atoms with van der Waals surface area (Å²) in [6.07, 6.45) is 0. The van der Waals surface area contributed by atoms with Gasteiger partial charge in [0.1, 0.15) is 5.75 Å². The molecule has 1 heterocycles. The number of hydrogen-bond donors (Lipinski definition) is 1. The van der Waals surface area contributed by atoms with E-state index in [1.54, 1.807) is 23.9 Å². The van der Waals surface area contributed by atoms with Crippen molar-refractivity contribution in [2.24, 2.45) is 0 Å². The van der Waals surface area contributed by atoms with Gasteiger partial charge in [-0.2, -0.15) is 0 Å². The minimum absolute atomic E-state index is 0.240. The molecule has 0 saturated heterocycles. The third-order valence-electron chi connectivity index (χ3n) is 2.60. The van der Waals surface area contributed by atoms with Crippen LogP contribution in [0.2, 0.25) is 5.02 Å². The van der Waals surface area contributed by atoms with Crippen molar-refractivity contribution in [1.29, 1.82) is 0 Å². The molecular weight excluding hydrogens is 296 g/mol. The van der Waals surface area contributed by atoms with Gasteiger partial charge < -0.3 is 10.5 Å². The second-order valence-corrected chi connectivity index (χ2v) is 5.95. The molecule has 0 aliphatic heterocycles. The summed E-state index contributed by atoms with van der Waals surface area (Å²) in [7, 11) is 0. The zero-order chi connectivity index (χ0) is 14.5. The monoisotopic (exact) mass is 312 g/mol. The van der Waals surface area contributed by atoms with Crippen molar-refractivity contribution in [3.63, 3.8) is 0 Å². The molecule has 0 radical (unpaired) electrons. The lowest BCUT2D eigenvalue weighted by molar-refractivity contribution is 0.343. The van der Waals surface area contributed by atoms with E-state index in [9.17, 15) is 0 Å². The lowest BCUT2D eigenvalue weighted by Gasteiger charge is -2.11. The maximum atomic E-state index is 5.81. The number of halogens is 1. The van der Waals surface area contributed by atoms with Crippen LogP contribution >= 0.6 is 23.4 Å². The van der Waals surface area contributed by atoms with Crippen molar-refractivity contribution in [2.75, 3.05) is 18.1 Å². The molecule has 20 heavy (non-hydrogen) atoms. The van der Waals surface area contributed by atoms with Crippen LogP contribution in [0.25, 0.3) is 0 Å². The Bertz CT molecular complexity index is 556. The van der Waals surface area contributed by atoms with Crippen LogP contribution in [0.4, 0.5) is 5.95 Å². The standard InChI is InChI=1S/C13H17ClN4OS/c1-9(2)18-12(15)16-17-13(18)20-8-7-19-11-5-3-10(14)4-6-11/h3-6,9H,7-8H2,1-2H3,(H2,15,16). The molecule has 0 aliphatic carbocycles. The van der Waals surface area contributed by atoms with Crippen molar-refractivity contribution in [2.45, 2.75) is 25.0 Å². The lowest BCUT2D eigenvalue weighted by Crippen LogP contribution is -2.08. The zero-order valence-corrected chi connectivity index (χ0v) is 13.0. The molecule has 0 unspecified atom stereocenters. The fourth-order valence-electron chi connectivity index (χ4n) is 1.70. The predicted molar refractivity (Wildman–Crippen MR) is 82.5 cm³/mol. The molecule has 2 rings (SSSR count). The zero-order valence-electron chi connectivity index (χ0n) is 11.4. The average Bonchev–Trinajstić information content (AvgIpc) is 2.78. The second-order valence-electron chi connectivity index (χ2n) is 4.46. The van der Waals surface area contributed by atoms with Crippen molar-refractivity contribution in [1.82, 2.24) is 14.8 Å². The highest BCUT2D eigenvalue weighted by Crippen LogP contribution is 2.22. The second kappa shape index (κ2) is 6.85. The minimum Gasteiger partial charge on any atom is -0.493 e. The highest BCUT2D eigenvalue weighted by atomic mass is 35.5. The van der Waals surface area contributed by atoms with Crippen LogP contribution in [0.1, 0.15) is 19.9 Å². The van der Waals surface area contributed by atoms with Gasteiger partial charge in [-0.25, -0.2) is 0 Å². The molecule has 1 aromatic heterocycles. The van der Waals surface area contributed by atoms with Crippen LogP contribution in [0.15, 0.2) is 29.4 Å². The number of rotatable bonds is 6. The number of nitrogens with zero attached hydrogens (tertiary/aromatic N) is 3. The van der Waals surface area contributed by atoms with Crippen LogP contribution in [-0.2, 0) is 0 Å². The van der Waals surface area contributed by atoms with Gasteiger partial charge >= 0.3 is 0 Å². The predicted octanol–water partition coefficient (Wildman–Crippen LogP) is 3.27. The topological polar surface area (TPSA) is 66.0 Å². The van der Waals surface area contributed by atoms with Gasteiger partial charge in [0.25, 0.3) is 0 Å². The summed E-state index contributed by atoms with van der Waals surface area (Å²) in [5.74, 6) is 2.02. The van der Waals surface area contributed by atoms with Gasteiger partial charge in [-0.05, 0) is 38.1 Å². The first-order valence-electron chi connectivity index (χ1n) is 6.29. The lowest BCUT2D eigenvalue weighted by atomic mass is 10.3. The Morgan fingerprint density at radius 2 is 2.00 bits per heavy atom. The van der Waals surface area contributed by atoms with Crippen LogP contribution in [0.5, 0.6) is 5.75 Å². The number of hydrogen-bond acceptors (Lipinski definition) is 5. The molecule has 0 saturated carbocycles. The normalized spacial score (nSPS) is 11.0. The Hall–Kier alpha value is -1.40. The van der Waals surface area contributed by atoms with Gasteiger partial charge in [0.05, 0.1) is 6.61 Å². The molecule has 0 fully saturated rings. The molecule has 1 aromatic carbocycles. The third-order valence-corrected chi connectivity index (χ3v) is 3.76. The number of aromatic nitrogens is 3. The van der Waals surface area contributed by atoms with Crippen molar-refractivity contribution in [3.8, 4) is 5.75 Å². The fraction of sp³-hybridized carbons (Fsp3) is 0.385. The molecule has 0 aliphatic rings. The molecule has 0 spiro atoms. The van der Waals surface area contributed by atoms with Gasteiger partial charge in [-0.1, -0.05) is 23.4 Å². The van der Waals surface area contributed by atoms with Gasteiger partial charge in [0.2, 0.25) is 5.95 Å². The summed E-state index contributed by atoms with van der Waals surface area (Å²) < 4.78 is 7.53. The van der Waals surface area contributed by atoms with Gasteiger partial charge in [0, 0.05) is 16.8 Å². The van der Waals surface area contributed by atoms with E-state index < -0.39 is 0 Å². The van der Waals surface area contributed by atoms with E-state index in [1.165, 1.54) is 0 Å².